The van der Waals surface area contributed by atoms with Crippen molar-refractivity contribution in [1.82, 2.24) is 15.0 Å². The molecule has 1 aromatic carbocycles. The van der Waals surface area contributed by atoms with Gasteiger partial charge >= 0.3 is 0 Å². The smallest absolute Gasteiger partial charge is 0.165 e. The van der Waals surface area contributed by atoms with Gasteiger partial charge < -0.3 is 10.0 Å². The Labute approximate surface area is 139 Å². The number of carbonyl (C=O) groups is 1. The molecule has 2 aromatic rings. The molecule has 2 heterocycles. The van der Waals surface area contributed by atoms with Crippen molar-refractivity contribution in [2.75, 3.05) is 11.5 Å². The average molecular weight is 322 g/mol. The van der Waals surface area contributed by atoms with Crippen LogP contribution in [0.25, 0.3) is 6.08 Å². The van der Waals surface area contributed by atoms with Crippen LogP contribution in [0.4, 0.5) is 5.69 Å². The number of hydrogen-bond acceptors (Lipinski definition) is 5. The van der Waals surface area contributed by atoms with Crippen molar-refractivity contribution in [3.8, 4) is 0 Å². The first-order valence-electron chi connectivity index (χ1n) is 8.08. The van der Waals surface area contributed by atoms with Gasteiger partial charge in [-0.3, -0.25) is 4.79 Å². The van der Waals surface area contributed by atoms with Crippen LogP contribution in [0.2, 0.25) is 0 Å². The van der Waals surface area contributed by atoms with Crippen molar-refractivity contribution in [3.05, 3.63) is 59.1 Å². The molecule has 0 bridgehead atoms. The van der Waals surface area contributed by atoms with Crippen molar-refractivity contribution in [2.24, 2.45) is 0 Å². The first-order chi connectivity index (χ1) is 11.8. The van der Waals surface area contributed by atoms with Gasteiger partial charge in [-0.25, -0.2) is 4.68 Å². The highest BCUT2D eigenvalue weighted by Crippen LogP contribution is 2.38. The van der Waals surface area contributed by atoms with Crippen molar-refractivity contribution in [3.63, 3.8) is 0 Å². The Hall–Kier alpha value is -2.73. The predicted molar refractivity (Wildman–Crippen MR) is 90.0 cm³/mol. The van der Waals surface area contributed by atoms with E-state index in [1.807, 2.05) is 30.5 Å². The Kier molecular flexibility index (Phi) is 3.74. The van der Waals surface area contributed by atoms with Gasteiger partial charge in [-0.15, -0.1) is 5.10 Å². The number of aliphatic hydroxyl groups is 1. The quantitative estimate of drug-likeness (QED) is 0.931. The number of aromatic nitrogens is 3. The minimum absolute atomic E-state index is 0.0297. The summed E-state index contributed by atoms with van der Waals surface area (Å²) in [6, 6.07) is 8.06. The van der Waals surface area contributed by atoms with E-state index >= 15 is 0 Å². The zero-order valence-electron chi connectivity index (χ0n) is 13.2. The van der Waals surface area contributed by atoms with Crippen LogP contribution in [0.15, 0.2) is 47.8 Å². The molecule has 24 heavy (non-hydrogen) atoms. The largest absolute Gasteiger partial charge is 0.394 e. The second-order valence-corrected chi connectivity index (χ2v) is 5.95. The number of fused-ring (bicyclic) bond motifs is 2. The number of Topliss-reactive ketones (excluding diaryl/α,β-unsaturated/α-hetero) is 1. The Bertz CT molecular complexity index is 850. The zero-order valence-corrected chi connectivity index (χ0v) is 13.2. The fourth-order valence-corrected chi connectivity index (χ4v) is 3.23. The van der Waals surface area contributed by atoms with E-state index in [-0.39, 0.29) is 12.4 Å². The SMILES string of the molecule is O=C1CCC=C2C1=Cc1ccccc1N2Cc1cn(CCO)nn1. The molecular formula is C18H18N4O2. The van der Waals surface area contributed by atoms with Crippen LogP contribution in [-0.4, -0.2) is 32.5 Å². The summed E-state index contributed by atoms with van der Waals surface area (Å²) < 4.78 is 1.63. The van der Waals surface area contributed by atoms with E-state index in [0.29, 0.717) is 19.5 Å². The summed E-state index contributed by atoms with van der Waals surface area (Å²) >= 11 is 0. The van der Waals surface area contributed by atoms with E-state index in [1.54, 1.807) is 4.68 Å². The third-order valence-corrected chi connectivity index (χ3v) is 4.34. The minimum atomic E-state index is 0.0297. The Morgan fingerprint density at radius 1 is 1.25 bits per heavy atom. The predicted octanol–water partition coefficient (Wildman–Crippen LogP) is 1.92. The number of anilines is 1. The van der Waals surface area contributed by atoms with E-state index in [9.17, 15) is 4.79 Å². The molecule has 0 fully saturated rings. The summed E-state index contributed by atoms with van der Waals surface area (Å²) in [5, 5.41) is 17.2. The van der Waals surface area contributed by atoms with E-state index in [2.05, 4.69) is 27.4 Å². The van der Waals surface area contributed by atoms with Gasteiger partial charge in [0.25, 0.3) is 0 Å². The van der Waals surface area contributed by atoms with Crippen LogP contribution in [0, 0.1) is 0 Å². The molecular weight excluding hydrogens is 304 g/mol. The first-order valence-corrected chi connectivity index (χ1v) is 8.08. The second-order valence-electron chi connectivity index (χ2n) is 5.95. The molecule has 0 saturated heterocycles. The lowest BCUT2D eigenvalue weighted by Gasteiger charge is -2.34. The maximum atomic E-state index is 12.3. The van der Waals surface area contributed by atoms with Gasteiger partial charge in [0.2, 0.25) is 0 Å². The number of para-hydroxylation sites is 1. The summed E-state index contributed by atoms with van der Waals surface area (Å²) in [4.78, 5) is 14.5. The average Bonchev–Trinajstić information content (AvgIpc) is 3.03. The van der Waals surface area contributed by atoms with E-state index in [1.165, 1.54) is 0 Å². The number of rotatable bonds is 4. The summed E-state index contributed by atoms with van der Waals surface area (Å²) in [6.45, 7) is 0.997. The molecule has 6 heteroatoms. The Morgan fingerprint density at radius 2 is 2.12 bits per heavy atom. The standard InChI is InChI=1S/C18H18N4O2/c23-9-8-21-11-14(19-20-21)12-22-16-5-2-1-4-13(16)10-15-17(22)6-3-7-18(15)24/h1-2,4-6,10-11,23H,3,7-9,12H2. The molecule has 1 aliphatic carbocycles. The molecule has 0 radical (unpaired) electrons. The monoisotopic (exact) mass is 322 g/mol. The Morgan fingerprint density at radius 3 is 3.00 bits per heavy atom. The molecule has 1 N–H and O–H groups in total. The van der Waals surface area contributed by atoms with Gasteiger partial charge in [-0.05, 0) is 24.1 Å². The van der Waals surface area contributed by atoms with Gasteiger partial charge in [-0.2, -0.15) is 0 Å². The second kappa shape index (κ2) is 6.05. The third-order valence-electron chi connectivity index (χ3n) is 4.34. The molecule has 2 aliphatic rings. The third kappa shape index (κ3) is 2.55. The highest BCUT2D eigenvalue weighted by Gasteiger charge is 2.29. The van der Waals surface area contributed by atoms with Crippen molar-refractivity contribution < 1.29 is 9.90 Å². The van der Waals surface area contributed by atoms with Crippen LogP contribution >= 0.6 is 0 Å². The van der Waals surface area contributed by atoms with Gasteiger partial charge in [0.1, 0.15) is 5.69 Å². The van der Waals surface area contributed by atoms with E-state index in [4.69, 9.17) is 5.11 Å². The van der Waals surface area contributed by atoms with Crippen molar-refractivity contribution in [1.29, 1.82) is 0 Å². The molecule has 0 atom stereocenters. The maximum absolute atomic E-state index is 12.3. The number of benzene rings is 1. The number of carbonyl (C=O) groups excluding carboxylic acids is 1. The number of aliphatic hydroxyl groups excluding tert-OH is 1. The fraction of sp³-hybridized carbons (Fsp3) is 0.278. The van der Waals surface area contributed by atoms with Crippen LogP contribution in [0.3, 0.4) is 0 Å². The van der Waals surface area contributed by atoms with Crippen LogP contribution < -0.4 is 4.90 Å². The van der Waals surface area contributed by atoms with Gasteiger partial charge in [0.05, 0.1) is 25.9 Å². The summed E-state index contributed by atoms with van der Waals surface area (Å²) in [7, 11) is 0. The topological polar surface area (TPSA) is 71.2 Å². The summed E-state index contributed by atoms with van der Waals surface area (Å²) in [6.07, 6.45) is 7.28. The molecule has 0 spiro atoms. The first kappa shape index (κ1) is 14.8. The van der Waals surface area contributed by atoms with Crippen LogP contribution in [0.1, 0.15) is 24.1 Å². The molecule has 0 unspecified atom stereocenters. The number of allylic oxidation sites excluding steroid dienone is 2. The molecule has 1 aliphatic heterocycles. The van der Waals surface area contributed by atoms with Crippen LogP contribution in [-0.2, 0) is 17.9 Å². The summed E-state index contributed by atoms with van der Waals surface area (Å²) in [5.41, 5.74) is 4.66. The lowest BCUT2D eigenvalue weighted by atomic mass is 9.90. The maximum Gasteiger partial charge on any atom is 0.165 e. The molecule has 4 rings (SSSR count). The molecule has 122 valence electrons. The molecule has 0 amide bonds. The summed E-state index contributed by atoms with van der Waals surface area (Å²) in [5.74, 6) is 0.191. The number of nitrogens with zero attached hydrogens (tertiary/aromatic N) is 4. The van der Waals surface area contributed by atoms with E-state index in [0.717, 1.165) is 34.6 Å². The highest BCUT2D eigenvalue weighted by molar-refractivity contribution is 6.07. The van der Waals surface area contributed by atoms with Crippen molar-refractivity contribution in [2.45, 2.75) is 25.9 Å². The zero-order chi connectivity index (χ0) is 16.5. The fourth-order valence-electron chi connectivity index (χ4n) is 3.23. The van der Waals surface area contributed by atoms with Gasteiger partial charge in [0, 0.05) is 23.4 Å². The lowest BCUT2D eigenvalue weighted by molar-refractivity contribution is -0.115. The van der Waals surface area contributed by atoms with Gasteiger partial charge in [0.15, 0.2) is 5.78 Å². The lowest BCUT2D eigenvalue weighted by Crippen LogP contribution is -2.30. The minimum Gasteiger partial charge on any atom is -0.394 e. The Balaban J connectivity index is 1.73. The van der Waals surface area contributed by atoms with Gasteiger partial charge in [-0.1, -0.05) is 29.5 Å². The van der Waals surface area contributed by atoms with Crippen molar-refractivity contribution >= 4 is 17.5 Å². The number of ketones is 1. The molecule has 6 nitrogen and oxygen atoms in total. The van der Waals surface area contributed by atoms with E-state index < -0.39 is 0 Å². The van der Waals surface area contributed by atoms with Crippen LogP contribution in [0.5, 0.6) is 0 Å². The molecule has 0 saturated carbocycles. The highest BCUT2D eigenvalue weighted by atomic mass is 16.3. The molecule has 1 aromatic heterocycles. The normalized spacial score (nSPS) is 16.4. The number of hydrogen-bond donors (Lipinski definition) is 1.